The van der Waals surface area contributed by atoms with Crippen LogP contribution in [0, 0.1) is 5.41 Å². The van der Waals surface area contributed by atoms with Crippen LogP contribution in [0.25, 0.3) is 0 Å². The van der Waals surface area contributed by atoms with E-state index in [-0.39, 0.29) is 17.1 Å². The molecule has 0 saturated carbocycles. The second kappa shape index (κ2) is 2.46. The van der Waals surface area contributed by atoms with Crippen LogP contribution in [-0.4, -0.2) is 23.4 Å². The molecule has 1 aliphatic heterocycles. The van der Waals surface area contributed by atoms with E-state index in [4.69, 9.17) is 4.74 Å². The summed E-state index contributed by atoms with van der Waals surface area (Å²) in [5.41, 5.74) is -0.218. The molecule has 66 valence electrons. The fraction of sp³-hybridized carbons (Fsp3) is 1.00. The van der Waals surface area contributed by atoms with Gasteiger partial charge in [0.25, 0.3) is 0 Å². The highest BCUT2D eigenvalue weighted by Gasteiger charge is 2.39. The van der Waals surface area contributed by atoms with Crippen LogP contribution >= 0.6 is 0 Å². The first-order valence-corrected chi connectivity index (χ1v) is 4.16. The summed E-state index contributed by atoms with van der Waals surface area (Å²) >= 11 is 0. The van der Waals surface area contributed by atoms with Gasteiger partial charge in [0.15, 0.2) is 0 Å². The molecule has 2 nitrogen and oxygen atoms in total. The van der Waals surface area contributed by atoms with Gasteiger partial charge in [-0.3, -0.25) is 0 Å². The average molecular weight is 158 g/mol. The lowest BCUT2D eigenvalue weighted by molar-refractivity contribution is -0.172. The molecule has 1 atom stereocenters. The van der Waals surface area contributed by atoms with Crippen molar-refractivity contribution in [1.82, 2.24) is 0 Å². The van der Waals surface area contributed by atoms with Crippen LogP contribution in [0.5, 0.6) is 0 Å². The van der Waals surface area contributed by atoms with E-state index in [1.54, 1.807) is 0 Å². The molecule has 1 heterocycles. The maximum atomic E-state index is 9.65. The van der Waals surface area contributed by atoms with Gasteiger partial charge in [-0.2, -0.15) is 0 Å². The molecule has 0 spiro atoms. The van der Waals surface area contributed by atoms with E-state index in [2.05, 4.69) is 13.8 Å². The molecule has 1 aliphatic rings. The number of ether oxygens (including phenoxy) is 1. The fourth-order valence-electron chi connectivity index (χ4n) is 1.31. The molecule has 2 heteroatoms. The van der Waals surface area contributed by atoms with Gasteiger partial charge in [0.2, 0.25) is 0 Å². The highest BCUT2D eigenvalue weighted by Crippen LogP contribution is 2.35. The zero-order valence-electron chi connectivity index (χ0n) is 7.85. The second-order valence-corrected chi connectivity index (χ2v) is 4.78. The van der Waals surface area contributed by atoms with Crippen LogP contribution in [0.3, 0.4) is 0 Å². The van der Waals surface area contributed by atoms with Gasteiger partial charge in [-0.15, -0.1) is 0 Å². The monoisotopic (exact) mass is 158 g/mol. The van der Waals surface area contributed by atoms with E-state index in [9.17, 15) is 5.11 Å². The average Bonchev–Trinajstić information content (AvgIpc) is 1.81. The molecule has 0 bridgehead atoms. The van der Waals surface area contributed by atoms with Crippen LogP contribution < -0.4 is 0 Å². The van der Waals surface area contributed by atoms with Crippen molar-refractivity contribution in [3.05, 3.63) is 0 Å². The highest BCUT2D eigenvalue weighted by molar-refractivity contribution is 4.89. The summed E-state index contributed by atoms with van der Waals surface area (Å²) in [6, 6.07) is 0. The van der Waals surface area contributed by atoms with E-state index in [0.717, 1.165) is 13.0 Å². The van der Waals surface area contributed by atoms with Crippen molar-refractivity contribution >= 4 is 0 Å². The largest absolute Gasteiger partial charge is 0.390 e. The van der Waals surface area contributed by atoms with Gasteiger partial charge >= 0.3 is 0 Å². The smallest absolute Gasteiger partial charge is 0.0884 e. The molecule has 0 amide bonds. The first-order chi connectivity index (χ1) is 4.83. The van der Waals surface area contributed by atoms with Crippen LogP contribution in [0.2, 0.25) is 0 Å². The summed E-state index contributed by atoms with van der Waals surface area (Å²) in [5.74, 6) is 0. The zero-order valence-corrected chi connectivity index (χ0v) is 7.85. The summed E-state index contributed by atoms with van der Waals surface area (Å²) in [6.07, 6.45) is 0.506. The Hall–Kier alpha value is -0.0800. The predicted octanol–water partition coefficient (Wildman–Crippen LogP) is 1.57. The fourth-order valence-corrected chi connectivity index (χ4v) is 1.31. The number of hydrogen-bond acceptors (Lipinski definition) is 2. The zero-order chi connectivity index (χ0) is 8.70. The van der Waals surface area contributed by atoms with Crippen LogP contribution in [0.1, 0.15) is 34.1 Å². The van der Waals surface area contributed by atoms with E-state index in [0.29, 0.717) is 0 Å². The minimum absolute atomic E-state index is 0.134. The van der Waals surface area contributed by atoms with Crippen molar-refractivity contribution in [2.45, 2.75) is 45.8 Å². The minimum Gasteiger partial charge on any atom is -0.390 e. The van der Waals surface area contributed by atoms with Gasteiger partial charge < -0.3 is 9.84 Å². The van der Waals surface area contributed by atoms with Crippen LogP contribution in [-0.2, 0) is 4.74 Å². The summed E-state index contributed by atoms with van der Waals surface area (Å²) in [4.78, 5) is 0. The molecule has 1 unspecified atom stereocenters. The highest BCUT2D eigenvalue weighted by atomic mass is 16.5. The Morgan fingerprint density at radius 3 is 2.18 bits per heavy atom. The predicted molar refractivity (Wildman–Crippen MR) is 44.4 cm³/mol. The van der Waals surface area contributed by atoms with Crippen molar-refractivity contribution in [2.24, 2.45) is 5.41 Å². The van der Waals surface area contributed by atoms with Gasteiger partial charge in [-0.1, -0.05) is 13.8 Å². The molecule has 0 aromatic rings. The van der Waals surface area contributed by atoms with Crippen molar-refractivity contribution in [3.63, 3.8) is 0 Å². The molecule has 1 rings (SSSR count). The minimum atomic E-state index is -0.352. The molecule has 0 aliphatic carbocycles. The maximum Gasteiger partial charge on any atom is 0.0884 e. The van der Waals surface area contributed by atoms with Crippen molar-refractivity contribution < 1.29 is 9.84 Å². The Morgan fingerprint density at radius 1 is 1.27 bits per heavy atom. The van der Waals surface area contributed by atoms with Crippen LogP contribution in [0.15, 0.2) is 0 Å². The maximum absolute atomic E-state index is 9.65. The standard InChI is InChI=1S/C9H18O2/c1-8(2)5-7(10)9(3,4)11-6-8/h7,10H,5-6H2,1-4H3. The molecule has 1 N–H and O–H groups in total. The van der Waals surface area contributed by atoms with E-state index in [1.807, 2.05) is 13.8 Å². The van der Waals surface area contributed by atoms with Gasteiger partial charge in [0.05, 0.1) is 18.3 Å². The molecule has 0 aromatic heterocycles. The van der Waals surface area contributed by atoms with Gasteiger partial charge in [0.1, 0.15) is 0 Å². The molecule has 1 saturated heterocycles. The lowest BCUT2D eigenvalue weighted by atomic mass is 9.80. The van der Waals surface area contributed by atoms with Crippen molar-refractivity contribution in [1.29, 1.82) is 0 Å². The number of aliphatic hydroxyl groups is 1. The summed E-state index contributed by atoms with van der Waals surface area (Å²) < 4.78 is 5.54. The van der Waals surface area contributed by atoms with Gasteiger partial charge in [0, 0.05) is 0 Å². The Balaban J connectivity index is 2.63. The quantitative estimate of drug-likeness (QED) is 0.580. The van der Waals surface area contributed by atoms with Gasteiger partial charge in [-0.05, 0) is 25.7 Å². The van der Waals surface area contributed by atoms with Gasteiger partial charge in [-0.25, -0.2) is 0 Å². The lowest BCUT2D eigenvalue weighted by Gasteiger charge is -2.43. The first-order valence-electron chi connectivity index (χ1n) is 4.16. The van der Waals surface area contributed by atoms with Crippen LogP contribution in [0.4, 0.5) is 0 Å². The summed E-state index contributed by atoms with van der Waals surface area (Å²) in [7, 11) is 0. The third-order valence-electron chi connectivity index (χ3n) is 2.38. The van der Waals surface area contributed by atoms with Crippen molar-refractivity contribution in [2.75, 3.05) is 6.61 Å². The Morgan fingerprint density at radius 2 is 1.82 bits per heavy atom. The van der Waals surface area contributed by atoms with E-state index in [1.165, 1.54) is 0 Å². The summed E-state index contributed by atoms with van der Waals surface area (Å²) in [6.45, 7) is 8.85. The van der Waals surface area contributed by atoms with E-state index >= 15 is 0 Å². The third-order valence-corrected chi connectivity index (χ3v) is 2.38. The normalized spacial score (nSPS) is 35.2. The molecular formula is C9H18O2. The Labute approximate surface area is 68.6 Å². The molecular weight excluding hydrogens is 140 g/mol. The molecule has 1 fully saturated rings. The second-order valence-electron chi connectivity index (χ2n) is 4.78. The Kier molecular flexibility index (Phi) is 2.01. The molecule has 0 aromatic carbocycles. The number of rotatable bonds is 0. The first kappa shape index (κ1) is 9.01. The molecule has 0 radical (unpaired) electrons. The number of aliphatic hydroxyl groups excluding tert-OH is 1. The molecule has 11 heavy (non-hydrogen) atoms. The number of hydrogen-bond donors (Lipinski definition) is 1. The topological polar surface area (TPSA) is 29.5 Å². The van der Waals surface area contributed by atoms with E-state index < -0.39 is 0 Å². The Bertz CT molecular complexity index is 150. The third kappa shape index (κ3) is 1.94. The van der Waals surface area contributed by atoms with Crippen molar-refractivity contribution in [3.8, 4) is 0 Å². The summed E-state index contributed by atoms with van der Waals surface area (Å²) in [5, 5.41) is 9.65. The SMILES string of the molecule is CC1(C)COC(C)(C)C(O)C1. The lowest BCUT2D eigenvalue weighted by Crippen LogP contribution is -2.49.